The Morgan fingerprint density at radius 2 is 2.38 bits per heavy atom. The predicted octanol–water partition coefficient (Wildman–Crippen LogP) is 2.27. The summed E-state index contributed by atoms with van der Waals surface area (Å²) >= 11 is 0. The van der Waals surface area contributed by atoms with Gasteiger partial charge in [-0.05, 0) is 24.6 Å². The normalized spacial score (nSPS) is 25.1. The maximum absolute atomic E-state index is 6.09. The van der Waals surface area contributed by atoms with Crippen molar-refractivity contribution in [3.8, 4) is 5.75 Å². The van der Waals surface area contributed by atoms with Crippen molar-refractivity contribution < 1.29 is 14.2 Å². The van der Waals surface area contributed by atoms with Crippen LogP contribution in [0.25, 0.3) is 0 Å². The van der Waals surface area contributed by atoms with Crippen molar-refractivity contribution in [3.05, 3.63) is 48.5 Å². The molecule has 2 atom stereocenters. The summed E-state index contributed by atoms with van der Waals surface area (Å²) in [6.07, 6.45) is 6.23. The summed E-state index contributed by atoms with van der Waals surface area (Å²) in [5, 5.41) is 0. The molecule has 112 valence electrons. The zero-order valence-corrected chi connectivity index (χ0v) is 12.4. The minimum absolute atomic E-state index is 0.0964. The van der Waals surface area contributed by atoms with Crippen LogP contribution in [-0.4, -0.2) is 35.2 Å². The van der Waals surface area contributed by atoms with E-state index in [9.17, 15) is 0 Å². The molecule has 1 aromatic heterocycles. The van der Waals surface area contributed by atoms with Crippen molar-refractivity contribution in [1.82, 2.24) is 9.55 Å². The highest BCUT2D eigenvalue weighted by molar-refractivity contribution is 5.29. The first-order chi connectivity index (χ1) is 10.2. The second-order valence-electron chi connectivity index (χ2n) is 5.41. The fraction of sp³-hybridized carbons (Fsp3) is 0.438. The number of hydrogen-bond acceptors (Lipinski definition) is 4. The highest BCUT2D eigenvalue weighted by atomic mass is 16.7. The Kier molecular flexibility index (Phi) is 3.94. The first kappa shape index (κ1) is 14.1. The molecule has 3 rings (SSSR count). The molecular formula is C16H20N2O3. The average molecular weight is 288 g/mol. The lowest BCUT2D eigenvalue weighted by Gasteiger charge is -2.28. The maximum Gasteiger partial charge on any atom is 0.190 e. The van der Waals surface area contributed by atoms with Gasteiger partial charge in [0.25, 0.3) is 0 Å². The Bertz CT molecular complexity index is 585. The molecule has 1 aliphatic heterocycles. The number of hydrogen-bond donors (Lipinski definition) is 0. The number of nitrogens with zero attached hydrogens (tertiary/aromatic N) is 2. The van der Waals surface area contributed by atoms with Gasteiger partial charge >= 0.3 is 0 Å². The van der Waals surface area contributed by atoms with Crippen molar-refractivity contribution in [2.45, 2.75) is 31.8 Å². The van der Waals surface area contributed by atoms with E-state index in [0.717, 1.165) is 11.3 Å². The molecule has 1 aliphatic rings. The monoisotopic (exact) mass is 288 g/mol. The van der Waals surface area contributed by atoms with Gasteiger partial charge in [0.1, 0.15) is 5.75 Å². The largest absolute Gasteiger partial charge is 0.497 e. The molecule has 0 radical (unpaired) electrons. The standard InChI is InChI=1S/C16H20N2O3/c1-13-10-20-16(21-13,11-18-7-6-17-12-18)9-14-4-3-5-15(8-14)19-2/h3-8,12-13H,9-11H2,1-2H3. The molecule has 0 aliphatic carbocycles. The third kappa shape index (κ3) is 3.25. The summed E-state index contributed by atoms with van der Waals surface area (Å²) < 4.78 is 19.3. The van der Waals surface area contributed by atoms with E-state index in [1.807, 2.05) is 35.9 Å². The highest BCUT2D eigenvalue weighted by Crippen LogP contribution is 2.30. The summed E-state index contributed by atoms with van der Waals surface area (Å²) in [4.78, 5) is 4.08. The minimum atomic E-state index is -0.646. The maximum atomic E-state index is 6.09. The van der Waals surface area contributed by atoms with Crippen molar-refractivity contribution >= 4 is 0 Å². The Hall–Kier alpha value is -1.85. The number of aromatic nitrogens is 2. The van der Waals surface area contributed by atoms with Gasteiger partial charge in [0, 0.05) is 18.8 Å². The van der Waals surface area contributed by atoms with E-state index in [4.69, 9.17) is 14.2 Å². The van der Waals surface area contributed by atoms with E-state index in [2.05, 4.69) is 11.1 Å². The van der Waals surface area contributed by atoms with Gasteiger partial charge in [-0.3, -0.25) is 0 Å². The van der Waals surface area contributed by atoms with Crippen LogP contribution in [0.1, 0.15) is 12.5 Å². The zero-order valence-electron chi connectivity index (χ0n) is 12.4. The summed E-state index contributed by atoms with van der Waals surface area (Å²) in [5.41, 5.74) is 1.13. The first-order valence-electron chi connectivity index (χ1n) is 7.09. The summed E-state index contributed by atoms with van der Waals surface area (Å²) in [5.74, 6) is 0.197. The van der Waals surface area contributed by atoms with Crippen LogP contribution in [0.4, 0.5) is 0 Å². The summed E-state index contributed by atoms with van der Waals surface area (Å²) in [7, 11) is 1.67. The summed E-state index contributed by atoms with van der Waals surface area (Å²) in [6.45, 7) is 3.26. The van der Waals surface area contributed by atoms with E-state index < -0.39 is 5.79 Å². The Morgan fingerprint density at radius 3 is 3.05 bits per heavy atom. The molecule has 0 spiro atoms. The van der Waals surface area contributed by atoms with Crippen molar-refractivity contribution in [1.29, 1.82) is 0 Å². The highest BCUT2D eigenvalue weighted by Gasteiger charge is 2.40. The molecule has 0 saturated carbocycles. The van der Waals surface area contributed by atoms with E-state index >= 15 is 0 Å². The van der Waals surface area contributed by atoms with Crippen LogP contribution in [0, 0.1) is 0 Å². The van der Waals surface area contributed by atoms with Gasteiger partial charge in [-0.15, -0.1) is 0 Å². The number of imidazole rings is 1. The van der Waals surface area contributed by atoms with E-state index in [0.29, 0.717) is 19.6 Å². The smallest absolute Gasteiger partial charge is 0.190 e. The van der Waals surface area contributed by atoms with Gasteiger partial charge in [-0.2, -0.15) is 0 Å². The molecule has 1 aromatic carbocycles. The third-order valence-electron chi connectivity index (χ3n) is 3.59. The van der Waals surface area contributed by atoms with Crippen LogP contribution >= 0.6 is 0 Å². The van der Waals surface area contributed by atoms with Crippen LogP contribution in [0.5, 0.6) is 5.75 Å². The number of methoxy groups -OCH3 is 1. The predicted molar refractivity (Wildman–Crippen MR) is 78.2 cm³/mol. The number of ether oxygens (including phenoxy) is 3. The minimum Gasteiger partial charge on any atom is -0.497 e. The second kappa shape index (κ2) is 5.87. The van der Waals surface area contributed by atoms with Crippen LogP contribution in [0.15, 0.2) is 43.0 Å². The Labute approximate surface area is 124 Å². The van der Waals surface area contributed by atoms with Gasteiger partial charge < -0.3 is 18.8 Å². The SMILES string of the molecule is COc1cccc(CC2(Cn3ccnc3)OCC(C)O2)c1. The molecule has 1 fully saturated rings. The molecular weight excluding hydrogens is 268 g/mol. The van der Waals surface area contributed by atoms with Crippen LogP contribution in [-0.2, 0) is 22.4 Å². The van der Waals surface area contributed by atoms with E-state index in [-0.39, 0.29) is 6.10 Å². The molecule has 0 bridgehead atoms. The van der Waals surface area contributed by atoms with Gasteiger partial charge in [0.05, 0.1) is 32.7 Å². The van der Waals surface area contributed by atoms with Crippen LogP contribution in [0.2, 0.25) is 0 Å². The second-order valence-corrected chi connectivity index (χ2v) is 5.41. The van der Waals surface area contributed by atoms with Crippen LogP contribution < -0.4 is 4.74 Å². The molecule has 2 heterocycles. The van der Waals surface area contributed by atoms with Gasteiger partial charge in [-0.25, -0.2) is 4.98 Å². The Balaban J connectivity index is 1.82. The van der Waals surface area contributed by atoms with Gasteiger partial charge in [0.15, 0.2) is 5.79 Å². The molecule has 2 aromatic rings. The number of rotatable bonds is 5. The summed E-state index contributed by atoms with van der Waals surface area (Å²) in [6, 6.07) is 8.00. The molecule has 0 N–H and O–H groups in total. The first-order valence-corrected chi connectivity index (χ1v) is 7.09. The van der Waals surface area contributed by atoms with E-state index in [1.54, 1.807) is 19.6 Å². The Morgan fingerprint density at radius 1 is 1.48 bits per heavy atom. The van der Waals surface area contributed by atoms with Crippen molar-refractivity contribution in [2.24, 2.45) is 0 Å². The average Bonchev–Trinajstić information content (AvgIpc) is 3.10. The molecule has 2 unspecified atom stereocenters. The lowest BCUT2D eigenvalue weighted by molar-refractivity contribution is -0.175. The topological polar surface area (TPSA) is 45.5 Å². The third-order valence-corrected chi connectivity index (χ3v) is 3.59. The molecule has 5 nitrogen and oxygen atoms in total. The van der Waals surface area contributed by atoms with Gasteiger partial charge in [0.2, 0.25) is 0 Å². The molecule has 0 amide bonds. The van der Waals surface area contributed by atoms with Gasteiger partial charge in [-0.1, -0.05) is 12.1 Å². The quantitative estimate of drug-likeness (QED) is 0.846. The fourth-order valence-electron chi connectivity index (χ4n) is 2.69. The lowest BCUT2D eigenvalue weighted by atomic mass is 10.0. The fourth-order valence-corrected chi connectivity index (χ4v) is 2.69. The van der Waals surface area contributed by atoms with E-state index in [1.165, 1.54) is 0 Å². The molecule has 5 heteroatoms. The molecule has 21 heavy (non-hydrogen) atoms. The van der Waals surface area contributed by atoms with Crippen LogP contribution in [0.3, 0.4) is 0 Å². The number of benzene rings is 1. The lowest BCUT2D eigenvalue weighted by Crippen LogP contribution is -2.38. The molecule has 1 saturated heterocycles. The van der Waals surface area contributed by atoms with Crippen molar-refractivity contribution in [3.63, 3.8) is 0 Å². The van der Waals surface area contributed by atoms with Crippen molar-refractivity contribution in [2.75, 3.05) is 13.7 Å². The zero-order chi connectivity index (χ0) is 14.7.